The molecule has 0 saturated heterocycles. The smallest absolute Gasteiger partial charge is 0.268 e. The molecule has 0 radical (unpaired) electrons. The summed E-state index contributed by atoms with van der Waals surface area (Å²) in [6.45, 7) is 4.63. The SMILES string of the molecule is COc1ccc(OCCCC(=O)Nc2ccc3c(c2)N(Cc2ccc(C)cc2)C(=O)C(C)O3)cc1. The van der Waals surface area contributed by atoms with E-state index in [0.29, 0.717) is 43.1 Å². The Morgan fingerprint density at radius 3 is 2.46 bits per heavy atom. The predicted octanol–water partition coefficient (Wildman–Crippen LogP) is 5.12. The molecule has 3 aromatic rings. The number of benzene rings is 3. The zero-order valence-corrected chi connectivity index (χ0v) is 20.2. The molecular formula is C28H30N2O5. The zero-order chi connectivity index (χ0) is 24.8. The summed E-state index contributed by atoms with van der Waals surface area (Å²) in [5.74, 6) is 1.88. The molecule has 182 valence electrons. The summed E-state index contributed by atoms with van der Waals surface area (Å²) in [5.41, 5.74) is 3.45. The third-order valence-electron chi connectivity index (χ3n) is 5.79. The van der Waals surface area contributed by atoms with E-state index in [1.54, 1.807) is 37.1 Å². The monoisotopic (exact) mass is 474 g/mol. The molecular weight excluding hydrogens is 444 g/mol. The summed E-state index contributed by atoms with van der Waals surface area (Å²) in [4.78, 5) is 27.1. The second-order valence-electron chi connectivity index (χ2n) is 8.53. The van der Waals surface area contributed by atoms with Crippen molar-refractivity contribution in [3.63, 3.8) is 0 Å². The first-order valence-electron chi connectivity index (χ1n) is 11.7. The molecule has 0 spiro atoms. The Morgan fingerprint density at radius 1 is 1.03 bits per heavy atom. The van der Waals surface area contributed by atoms with E-state index >= 15 is 0 Å². The third-order valence-corrected chi connectivity index (χ3v) is 5.79. The van der Waals surface area contributed by atoms with Crippen LogP contribution < -0.4 is 24.4 Å². The van der Waals surface area contributed by atoms with E-state index in [4.69, 9.17) is 14.2 Å². The molecule has 0 aliphatic carbocycles. The first kappa shape index (κ1) is 24.1. The Kier molecular flexibility index (Phi) is 7.55. The molecule has 0 bridgehead atoms. The van der Waals surface area contributed by atoms with E-state index in [9.17, 15) is 9.59 Å². The number of methoxy groups -OCH3 is 1. The fourth-order valence-electron chi connectivity index (χ4n) is 3.84. The Balaban J connectivity index is 1.36. The number of rotatable bonds is 9. The van der Waals surface area contributed by atoms with Crippen molar-refractivity contribution >= 4 is 23.2 Å². The van der Waals surface area contributed by atoms with Crippen LogP contribution in [0.15, 0.2) is 66.7 Å². The van der Waals surface area contributed by atoms with Crippen LogP contribution in [0.4, 0.5) is 11.4 Å². The first-order chi connectivity index (χ1) is 16.9. The molecule has 1 aliphatic heterocycles. The van der Waals surface area contributed by atoms with Crippen molar-refractivity contribution in [2.24, 2.45) is 0 Å². The van der Waals surface area contributed by atoms with Crippen LogP contribution in [0.5, 0.6) is 17.2 Å². The Labute approximate surface area is 205 Å². The van der Waals surface area contributed by atoms with E-state index in [2.05, 4.69) is 5.32 Å². The van der Waals surface area contributed by atoms with Gasteiger partial charge in [-0.1, -0.05) is 29.8 Å². The van der Waals surface area contributed by atoms with Gasteiger partial charge in [-0.05, 0) is 68.3 Å². The highest BCUT2D eigenvalue weighted by Crippen LogP contribution is 2.37. The van der Waals surface area contributed by atoms with Crippen LogP contribution in [0.1, 0.15) is 30.9 Å². The van der Waals surface area contributed by atoms with E-state index in [-0.39, 0.29) is 11.8 Å². The average molecular weight is 475 g/mol. The summed E-state index contributed by atoms with van der Waals surface area (Å²) >= 11 is 0. The van der Waals surface area contributed by atoms with Crippen molar-refractivity contribution in [2.45, 2.75) is 39.3 Å². The summed E-state index contributed by atoms with van der Waals surface area (Å²) < 4.78 is 16.6. The fraction of sp³-hybridized carbons (Fsp3) is 0.286. The molecule has 35 heavy (non-hydrogen) atoms. The van der Waals surface area contributed by atoms with Crippen molar-refractivity contribution < 1.29 is 23.8 Å². The lowest BCUT2D eigenvalue weighted by Crippen LogP contribution is -2.44. The number of anilines is 2. The van der Waals surface area contributed by atoms with Gasteiger partial charge < -0.3 is 24.4 Å². The summed E-state index contributed by atoms with van der Waals surface area (Å²) in [7, 11) is 1.62. The predicted molar refractivity (Wildman–Crippen MR) is 135 cm³/mol. The number of carbonyl (C=O) groups excluding carboxylic acids is 2. The van der Waals surface area contributed by atoms with Gasteiger partial charge in [0.2, 0.25) is 5.91 Å². The maximum atomic E-state index is 12.9. The minimum Gasteiger partial charge on any atom is -0.497 e. The number of hydrogen-bond donors (Lipinski definition) is 1. The normalized spacial score (nSPS) is 14.7. The number of fused-ring (bicyclic) bond motifs is 1. The fourth-order valence-corrected chi connectivity index (χ4v) is 3.84. The zero-order valence-electron chi connectivity index (χ0n) is 20.2. The van der Waals surface area contributed by atoms with E-state index in [1.807, 2.05) is 55.5 Å². The summed E-state index contributed by atoms with van der Waals surface area (Å²) in [6.07, 6.45) is 0.313. The molecule has 1 aliphatic rings. The van der Waals surface area contributed by atoms with Crippen LogP contribution in [0.25, 0.3) is 0 Å². The number of ether oxygens (including phenoxy) is 3. The summed E-state index contributed by atoms with van der Waals surface area (Å²) in [5, 5.41) is 2.92. The van der Waals surface area contributed by atoms with Gasteiger partial charge in [-0.2, -0.15) is 0 Å². The molecule has 3 aromatic carbocycles. The van der Waals surface area contributed by atoms with Gasteiger partial charge in [0, 0.05) is 12.1 Å². The van der Waals surface area contributed by atoms with Gasteiger partial charge >= 0.3 is 0 Å². The standard InChI is InChI=1S/C28H30N2O5/c1-19-6-8-21(9-7-19)18-30-25-17-22(10-15-26(25)35-20(2)28(30)32)29-27(31)5-4-16-34-24-13-11-23(33-3)12-14-24/h6-15,17,20H,4-5,16,18H2,1-3H3,(H,29,31). The lowest BCUT2D eigenvalue weighted by atomic mass is 10.1. The maximum absolute atomic E-state index is 12.9. The Bertz CT molecular complexity index is 1170. The van der Waals surface area contributed by atoms with Crippen LogP contribution in [-0.2, 0) is 16.1 Å². The Hall–Kier alpha value is -4.00. The second kappa shape index (κ2) is 11.0. The van der Waals surface area contributed by atoms with Crippen LogP contribution in [0.3, 0.4) is 0 Å². The van der Waals surface area contributed by atoms with Crippen molar-refractivity contribution in [3.05, 3.63) is 77.9 Å². The average Bonchev–Trinajstić information content (AvgIpc) is 2.86. The van der Waals surface area contributed by atoms with E-state index in [1.165, 1.54) is 0 Å². The number of nitrogens with zero attached hydrogens (tertiary/aromatic N) is 1. The van der Waals surface area contributed by atoms with Gasteiger partial charge in [-0.15, -0.1) is 0 Å². The third kappa shape index (κ3) is 6.12. The summed E-state index contributed by atoms with van der Waals surface area (Å²) in [6, 6.07) is 20.8. The molecule has 1 unspecified atom stereocenters. The molecule has 4 rings (SSSR count). The number of amides is 2. The lowest BCUT2D eigenvalue weighted by Gasteiger charge is -2.33. The minimum atomic E-state index is -0.570. The van der Waals surface area contributed by atoms with Gasteiger partial charge in [0.25, 0.3) is 5.91 Å². The first-order valence-corrected chi connectivity index (χ1v) is 11.7. The van der Waals surface area contributed by atoms with Crippen LogP contribution >= 0.6 is 0 Å². The van der Waals surface area contributed by atoms with Crippen molar-refractivity contribution in [1.29, 1.82) is 0 Å². The van der Waals surface area contributed by atoms with Crippen LogP contribution in [0, 0.1) is 6.92 Å². The van der Waals surface area contributed by atoms with Crippen LogP contribution in [-0.4, -0.2) is 31.6 Å². The van der Waals surface area contributed by atoms with Gasteiger partial charge in [-0.25, -0.2) is 0 Å². The molecule has 1 N–H and O–H groups in total. The van der Waals surface area contributed by atoms with E-state index < -0.39 is 6.10 Å². The van der Waals surface area contributed by atoms with E-state index in [0.717, 1.165) is 22.6 Å². The highest BCUT2D eigenvalue weighted by Gasteiger charge is 2.31. The van der Waals surface area contributed by atoms with Gasteiger partial charge in [0.05, 0.1) is 25.9 Å². The molecule has 1 heterocycles. The molecule has 0 aromatic heterocycles. The molecule has 7 nitrogen and oxygen atoms in total. The van der Waals surface area contributed by atoms with Crippen molar-refractivity contribution in [2.75, 3.05) is 23.9 Å². The van der Waals surface area contributed by atoms with Crippen molar-refractivity contribution in [3.8, 4) is 17.2 Å². The van der Waals surface area contributed by atoms with Gasteiger partial charge in [0.15, 0.2) is 6.10 Å². The molecule has 7 heteroatoms. The highest BCUT2D eigenvalue weighted by atomic mass is 16.5. The Morgan fingerprint density at radius 2 is 1.74 bits per heavy atom. The number of nitrogens with one attached hydrogen (secondary N) is 1. The highest BCUT2D eigenvalue weighted by molar-refractivity contribution is 6.01. The number of aryl methyl sites for hydroxylation is 1. The van der Waals surface area contributed by atoms with Crippen molar-refractivity contribution in [1.82, 2.24) is 0 Å². The van der Waals surface area contributed by atoms with Gasteiger partial charge in [-0.3, -0.25) is 9.59 Å². The minimum absolute atomic E-state index is 0.114. The number of hydrogen-bond acceptors (Lipinski definition) is 5. The maximum Gasteiger partial charge on any atom is 0.268 e. The molecule has 0 saturated carbocycles. The van der Waals surface area contributed by atoms with Crippen LogP contribution in [0.2, 0.25) is 0 Å². The quantitative estimate of drug-likeness (QED) is 0.436. The second-order valence-corrected chi connectivity index (χ2v) is 8.53. The molecule has 0 fully saturated rings. The topological polar surface area (TPSA) is 77.1 Å². The number of carbonyl (C=O) groups is 2. The molecule has 2 amide bonds. The lowest BCUT2D eigenvalue weighted by molar-refractivity contribution is -0.125. The van der Waals surface area contributed by atoms with Gasteiger partial charge in [0.1, 0.15) is 17.2 Å². The largest absolute Gasteiger partial charge is 0.497 e. The molecule has 1 atom stereocenters.